The number of aliphatic carboxylic acids is 1. The molecule has 0 saturated heterocycles. The third-order valence-corrected chi connectivity index (χ3v) is 4.62. The summed E-state index contributed by atoms with van der Waals surface area (Å²) in [6.45, 7) is 4.08. The van der Waals surface area contributed by atoms with E-state index in [-0.39, 0.29) is 18.5 Å². The second kappa shape index (κ2) is 7.76. The summed E-state index contributed by atoms with van der Waals surface area (Å²) in [5.41, 5.74) is 4.00. The molecular formula is C21H19ClN2O3. The number of halogens is 1. The van der Waals surface area contributed by atoms with E-state index < -0.39 is 11.5 Å². The Kier molecular flexibility index (Phi) is 5.42. The van der Waals surface area contributed by atoms with E-state index in [2.05, 4.69) is 5.10 Å². The van der Waals surface area contributed by atoms with Crippen LogP contribution in [0, 0.1) is 13.8 Å². The van der Waals surface area contributed by atoms with Crippen LogP contribution in [0.15, 0.2) is 53.3 Å². The van der Waals surface area contributed by atoms with Gasteiger partial charge in [-0.15, -0.1) is 0 Å². The Hall–Kier alpha value is -2.92. The fraction of sp³-hybridized carbons (Fsp3) is 0.190. The first-order valence-electron chi connectivity index (χ1n) is 8.48. The van der Waals surface area contributed by atoms with Gasteiger partial charge < -0.3 is 5.11 Å². The third kappa shape index (κ3) is 4.44. The molecular weight excluding hydrogens is 364 g/mol. The number of hydrogen-bond donors (Lipinski definition) is 1. The van der Waals surface area contributed by atoms with Gasteiger partial charge in [-0.3, -0.25) is 9.59 Å². The van der Waals surface area contributed by atoms with Crippen molar-refractivity contribution in [2.24, 2.45) is 0 Å². The zero-order valence-corrected chi connectivity index (χ0v) is 15.8. The van der Waals surface area contributed by atoms with Crippen molar-refractivity contribution in [2.75, 3.05) is 0 Å². The summed E-state index contributed by atoms with van der Waals surface area (Å²) in [6.07, 6.45) is -0.359. The molecule has 1 aromatic heterocycles. The fourth-order valence-corrected chi connectivity index (χ4v) is 3.10. The van der Waals surface area contributed by atoms with Crippen molar-refractivity contribution in [1.29, 1.82) is 0 Å². The van der Waals surface area contributed by atoms with E-state index in [0.29, 0.717) is 10.7 Å². The molecule has 0 saturated carbocycles. The average Bonchev–Trinajstić information content (AvgIpc) is 2.60. The number of rotatable bonds is 5. The van der Waals surface area contributed by atoms with Gasteiger partial charge in [0.1, 0.15) is 0 Å². The molecule has 5 nitrogen and oxygen atoms in total. The lowest BCUT2D eigenvalue weighted by atomic mass is 10.1. The summed E-state index contributed by atoms with van der Waals surface area (Å²) in [6, 6.07) is 14.8. The molecule has 0 aliphatic rings. The van der Waals surface area contributed by atoms with Crippen LogP contribution in [0.5, 0.6) is 0 Å². The minimum Gasteiger partial charge on any atom is -0.481 e. The van der Waals surface area contributed by atoms with Crippen molar-refractivity contribution in [1.82, 2.24) is 9.78 Å². The molecule has 0 aliphatic carbocycles. The minimum atomic E-state index is -1.06. The van der Waals surface area contributed by atoms with Crippen LogP contribution in [-0.4, -0.2) is 20.9 Å². The molecule has 138 valence electrons. The molecule has 1 heterocycles. The molecule has 0 aliphatic heterocycles. The van der Waals surface area contributed by atoms with Crippen LogP contribution in [0.4, 0.5) is 0 Å². The Balaban J connectivity index is 2.10. The highest BCUT2D eigenvalue weighted by atomic mass is 35.5. The maximum atomic E-state index is 12.7. The van der Waals surface area contributed by atoms with Gasteiger partial charge in [0.25, 0.3) is 5.56 Å². The molecule has 2 aromatic carbocycles. The van der Waals surface area contributed by atoms with Gasteiger partial charge in [0.05, 0.1) is 18.7 Å². The second-order valence-corrected chi connectivity index (χ2v) is 6.96. The number of carboxylic acids is 1. The Morgan fingerprint density at radius 1 is 1.04 bits per heavy atom. The van der Waals surface area contributed by atoms with Crippen LogP contribution in [0.3, 0.4) is 0 Å². The first-order chi connectivity index (χ1) is 12.8. The van der Waals surface area contributed by atoms with Crippen LogP contribution in [0.2, 0.25) is 5.02 Å². The molecule has 1 N–H and O–H groups in total. The predicted octanol–water partition coefficient (Wildman–Crippen LogP) is 3.86. The highest BCUT2D eigenvalue weighted by molar-refractivity contribution is 6.31. The molecule has 0 bridgehead atoms. The van der Waals surface area contributed by atoms with E-state index >= 15 is 0 Å². The van der Waals surface area contributed by atoms with E-state index in [4.69, 9.17) is 16.7 Å². The topological polar surface area (TPSA) is 72.2 Å². The zero-order chi connectivity index (χ0) is 19.6. The number of carbonyl (C=O) groups is 1. The van der Waals surface area contributed by atoms with E-state index in [1.54, 1.807) is 6.07 Å². The maximum Gasteiger partial charge on any atom is 0.308 e. The largest absolute Gasteiger partial charge is 0.481 e. The summed E-state index contributed by atoms with van der Waals surface area (Å²) in [5, 5.41) is 14.2. The van der Waals surface area contributed by atoms with Crippen LogP contribution in [0.25, 0.3) is 11.3 Å². The number of hydrogen-bond acceptors (Lipinski definition) is 3. The highest BCUT2D eigenvalue weighted by Gasteiger charge is 2.14. The van der Waals surface area contributed by atoms with Crippen LogP contribution in [0.1, 0.15) is 22.3 Å². The summed E-state index contributed by atoms with van der Waals surface area (Å²) >= 11 is 6.29. The maximum absolute atomic E-state index is 12.7. The number of carboxylic acid groups (broad SMARTS) is 1. The van der Waals surface area contributed by atoms with Gasteiger partial charge in [-0.25, -0.2) is 4.68 Å². The third-order valence-electron chi connectivity index (χ3n) is 4.27. The standard InChI is InChI=1S/C21H19ClN2O3/c1-13-3-6-15(7-4-13)19-10-17(11-20(25)26)21(27)24(23-19)12-16-8-5-14(2)9-18(16)22/h3-10H,11-12H2,1-2H3,(H,25,26). The number of aryl methyl sites for hydroxylation is 2. The molecule has 3 aromatic rings. The molecule has 0 unspecified atom stereocenters. The predicted molar refractivity (Wildman–Crippen MR) is 105 cm³/mol. The first-order valence-corrected chi connectivity index (χ1v) is 8.86. The monoisotopic (exact) mass is 382 g/mol. The lowest BCUT2D eigenvalue weighted by molar-refractivity contribution is -0.136. The fourth-order valence-electron chi connectivity index (χ4n) is 2.80. The lowest BCUT2D eigenvalue weighted by Crippen LogP contribution is -2.28. The Morgan fingerprint density at radius 2 is 1.70 bits per heavy atom. The van der Waals surface area contributed by atoms with E-state index in [1.165, 1.54) is 4.68 Å². The van der Waals surface area contributed by atoms with Crippen molar-refractivity contribution in [3.63, 3.8) is 0 Å². The van der Waals surface area contributed by atoms with Gasteiger partial charge in [0.2, 0.25) is 0 Å². The Morgan fingerprint density at radius 3 is 2.33 bits per heavy atom. The minimum absolute atomic E-state index is 0.171. The Bertz CT molecular complexity index is 1060. The number of nitrogens with zero attached hydrogens (tertiary/aromatic N) is 2. The molecule has 0 radical (unpaired) electrons. The Labute approximate surface area is 161 Å². The van der Waals surface area contributed by atoms with Crippen molar-refractivity contribution in [2.45, 2.75) is 26.8 Å². The van der Waals surface area contributed by atoms with Crippen LogP contribution >= 0.6 is 11.6 Å². The van der Waals surface area contributed by atoms with E-state index in [1.807, 2.05) is 56.3 Å². The van der Waals surface area contributed by atoms with Gasteiger partial charge in [-0.05, 0) is 37.1 Å². The smallest absolute Gasteiger partial charge is 0.308 e. The lowest BCUT2D eigenvalue weighted by Gasteiger charge is -2.12. The van der Waals surface area contributed by atoms with Gasteiger partial charge in [0.15, 0.2) is 0 Å². The quantitative estimate of drug-likeness (QED) is 0.727. The van der Waals surface area contributed by atoms with Gasteiger partial charge >= 0.3 is 5.97 Å². The van der Waals surface area contributed by atoms with E-state index in [0.717, 1.165) is 22.3 Å². The van der Waals surface area contributed by atoms with E-state index in [9.17, 15) is 9.59 Å². The van der Waals surface area contributed by atoms with Crippen molar-refractivity contribution < 1.29 is 9.90 Å². The van der Waals surface area contributed by atoms with Crippen molar-refractivity contribution in [3.05, 3.63) is 86.2 Å². The second-order valence-electron chi connectivity index (χ2n) is 6.55. The van der Waals surface area contributed by atoms with Crippen LogP contribution < -0.4 is 5.56 Å². The van der Waals surface area contributed by atoms with Gasteiger partial charge in [-0.1, -0.05) is 53.6 Å². The van der Waals surface area contributed by atoms with Gasteiger partial charge in [0, 0.05) is 16.1 Å². The van der Waals surface area contributed by atoms with Gasteiger partial charge in [-0.2, -0.15) is 5.10 Å². The SMILES string of the molecule is Cc1ccc(-c2cc(CC(=O)O)c(=O)n(Cc3ccc(C)cc3Cl)n2)cc1. The zero-order valence-electron chi connectivity index (χ0n) is 15.1. The molecule has 27 heavy (non-hydrogen) atoms. The molecule has 3 rings (SSSR count). The molecule has 0 fully saturated rings. The average molecular weight is 383 g/mol. The summed E-state index contributed by atoms with van der Waals surface area (Å²) in [7, 11) is 0. The molecule has 0 atom stereocenters. The molecule has 0 amide bonds. The normalized spacial score (nSPS) is 10.8. The van der Waals surface area contributed by atoms with Crippen molar-refractivity contribution >= 4 is 17.6 Å². The highest BCUT2D eigenvalue weighted by Crippen LogP contribution is 2.20. The summed E-state index contributed by atoms with van der Waals surface area (Å²) in [4.78, 5) is 23.9. The molecule has 6 heteroatoms. The number of benzene rings is 2. The molecule has 0 spiro atoms. The summed E-state index contributed by atoms with van der Waals surface area (Å²) in [5.74, 6) is -1.06. The number of aromatic nitrogens is 2. The first kappa shape index (κ1) is 18.9. The summed E-state index contributed by atoms with van der Waals surface area (Å²) < 4.78 is 1.28. The van der Waals surface area contributed by atoms with Crippen molar-refractivity contribution in [3.8, 4) is 11.3 Å². The van der Waals surface area contributed by atoms with Crippen LogP contribution in [-0.2, 0) is 17.8 Å².